The first-order valence-corrected chi connectivity index (χ1v) is 21.9. The topological polar surface area (TPSA) is 9.86 Å². The van der Waals surface area contributed by atoms with Crippen molar-refractivity contribution in [2.45, 2.75) is 38.5 Å². The van der Waals surface area contributed by atoms with Crippen molar-refractivity contribution in [1.82, 2.24) is 9.13 Å². The zero-order valence-corrected chi connectivity index (χ0v) is 35.4. The van der Waals surface area contributed by atoms with Crippen LogP contribution in [0, 0.1) is 0 Å². The summed E-state index contributed by atoms with van der Waals surface area (Å²) >= 11 is 0. The average molecular weight is 793 g/mol. The minimum absolute atomic E-state index is 0.198. The molecule has 0 saturated heterocycles. The first kappa shape index (κ1) is 35.3. The van der Waals surface area contributed by atoms with Gasteiger partial charge in [-0.25, -0.2) is 0 Å². The highest BCUT2D eigenvalue weighted by atomic mass is 15.0. The highest BCUT2D eigenvalue weighted by molar-refractivity contribution is 6.14. The summed E-state index contributed by atoms with van der Waals surface area (Å²) in [6, 6.07) is 72.4. The molecule has 2 aliphatic carbocycles. The maximum Gasteiger partial charge on any atom is 0.0588 e. The summed E-state index contributed by atoms with van der Waals surface area (Å²) in [5.74, 6) is 0. The molecule has 0 unspecified atom stereocenters. The van der Waals surface area contributed by atoms with Gasteiger partial charge in [0.15, 0.2) is 0 Å². The summed E-state index contributed by atoms with van der Waals surface area (Å²) in [5.41, 5.74) is 23.0. The van der Waals surface area contributed by atoms with Gasteiger partial charge in [-0.15, -0.1) is 0 Å². The number of rotatable bonds is 4. The van der Waals surface area contributed by atoms with Crippen LogP contribution >= 0.6 is 0 Å². The van der Waals surface area contributed by atoms with Gasteiger partial charge in [0, 0.05) is 43.7 Å². The van der Waals surface area contributed by atoms with Gasteiger partial charge in [0.05, 0.1) is 22.1 Å². The van der Waals surface area contributed by atoms with Gasteiger partial charge in [-0.3, -0.25) is 0 Å². The van der Waals surface area contributed by atoms with E-state index in [0.29, 0.717) is 0 Å². The molecule has 0 fully saturated rings. The number of benzene rings is 9. The first-order valence-electron chi connectivity index (χ1n) is 21.9. The Morgan fingerprint density at radius 3 is 1.08 bits per heavy atom. The van der Waals surface area contributed by atoms with E-state index in [-0.39, 0.29) is 10.8 Å². The van der Waals surface area contributed by atoms with Crippen molar-refractivity contribution in [3.05, 3.63) is 216 Å². The fourth-order valence-electron chi connectivity index (χ4n) is 11.6. The van der Waals surface area contributed by atoms with E-state index >= 15 is 0 Å². The molecule has 62 heavy (non-hydrogen) atoms. The van der Waals surface area contributed by atoms with E-state index < -0.39 is 0 Å². The lowest BCUT2D eigenvalue weighted by Gasteiger charge is -2.24. The van der Waals surface area contributed by atoms with Crippen LogP contribution in [0.1, 0.15) is 49.9 Å². The predicted octanol–water partition coefficient (Wildman–Crippen LogP) is 15.8. The predicted molar refractivity (Wildman–Crippen MR) is 261 cm³/mol. The van der Waals surface area contributed by atoms with Gasteiger partial charge in [-0.05, 0) is 115 Å². The number of fused-ring (bicyclic) bond motifs is 14. The molecule has 0 radical (unpaired) electrons. The molecular formula is C60H44N2. The normalized spacial score (nSPS) is 14.4. The van der Waals surface area contributed by atoms with Crippen molar-refractivity contribution >= 4 is 43.6 Å². The van der Waals surface area contributed by atoms with Crippen LogP contribution in [0.4, 0.5) is 0 Å². The maximum absolute atomic E-state index is 2.49. The van der Waals surface area contributed by atoms with E-state index in [4.69, 9.17) is 0 Å². The zero-order chi connectivity index (χ0) is 41.5. The van der Waals surface area contributed by atoms with Crippen LogP contribution in [-0.2, 0) is 10.8 Å². The maximum atomic E-state index is 2.49. The Bertz CT molecular complexity index is 3410. The minimum Gasteiger partial charge on any atom is -0.309 e. The van der Waals surface area contributed by atoms with Crippen molar-refractivity contribution in [3.63, 3.8) is 0 Å². The van der Waals surface area contributed by atoms with Crippen LogP contribution in [0.25, 0.3) is 99.5 Å². The van der Waals surface area contributed by atoms with Crippen molar-refractivity contribution in [3.8, 4) is 55.9 Å². The van der Waals surface area contributed by atoms with Gasteiger partial charge in [0.25, 0.3) is 0 Å². The lowest BCUT2D eigenvalue weighted by atomic mass is 9.80. The second-order valence-corrected chi connectivity index (χ2v) is 18.5. The zero-order valence-electron chi connectivity index (χ0n) is 35.4. The standard InChI is InChI=1S/C60H44N2/c1-59(2)51-35-39(27-29-43(51)47-31-33-49-45-19-11-13-21-53(45)61(57(49)55(47)59)41-15-7-5-8-16-41)37-23-25-38(26-24-37)40-28-30-44-48-32-34-50-46-20-12-14-22-54(46)62(42-17-9-6-10-18-42)58(50)56(48)60(3,4)52(44)36-40/h5-36H,1-4H3. The van der Waals surface area contributed by atoms with Crippen LogP contribution in [0.2, 0.25) is 0 Å². The molecular weight excluding hydrogens is 749 g/mol. The third-order valence-electron chi connectivity index (χ3n) is 14.5. The molecule has 11 aromatic rings. The van der Waals surface area contributed by atoms with Crippen LogP contribution in [0.5, 0.6) is 0 Å². The van der Waals surface area contributed by atoms with Crippen molar-refractivity contribution in [2.75, 3.05) is 0 Å². The number of aromatic nitrogens is 2. The lowest BCUT2D eigenvalue weighted by molar-refractivity contribution is 0.664. The van der Waals surface area contributed by atoms with Crippen molar-refractivity contribution in [2.24, 2.45) is 0 Å². The first-order chi connectivity index (χ1) is 30.3. The second-order valence-electron chi connectivity index (χ2n) is 18.5. The fourth-order valence-corrected chi connectivity index (χ4v) is 11.6. The van der Waals surface area contributed by atoms with E-state index in [1.54, 1.807) is 0 Å². The molecule has 0 bridgehead atoms. The Morgan fingerprint density at radius 2 is 0.661 bits per heavy atom. The van der Waals surface area contributed by atoms with Crippen LogP contribution in [0.3, 0.4) is 0 Å². The third kappa shape index (κ3) is 4.70. The highest BCUT2D eigenvalue weighted by Gasteiger charge is 2.40. The molecule has 2 aromatic heterocycles. The Labute approximate surface area is 362 Å². The molecule has 0 saturated carbocycles. The molecule has 0 atom stereocenters. The average Bonchev–Trinajstić information content (AvgIpc) is 3.98. The molecule has 0 N–H and O–H groups in total. The fraction of sp³-hybridized carbons (Fsp3) is 0.100. The number of hydrogen-bond donors (Lipinski definition) is 0. The van der Waals surface area contributed by atoms with Crippen LogP contribution in [-0.4, -0.2) is 9.13 Å². The van der Waals surface area contributed by atoms with E-state index in [1.165, 1.54) is 122 Å². The lowest BCUT2D eigenvalue weighted by Crippen LogP contribution is -2.16. The van der Waals surface area contributed by atoms with Gasteiger partial charge in [-0.2, -0.15) is 0 Å². The number of para-hydroxylation sites is 4. The van der Waals surface area contributed by atoms with E-state index in [1.807, 2.05) is 0 Å². The highest BCUT2D eigenvalue weighted by Crippen LogP contribution is 2.55. The SMILES string of the molecule is CC1(C)c2cc(-c3ccc(-c4ccc5c(c4)C(C)(C)c4c-5ccc5c6ccccc6n(-c6ccccc6)c45)cc3)ccc2-c2ccc3c4ccccc4n(-c4ccccc4)c3c21. The van der Waals surface area contributed by atoms with Crippen LogP contribution < -0.4 is 0 Å². The summed E-state index contributed by atoms with van der Waals surface area (Å²) in [5, 5.41) is 5.20. The summed E-state index contributed by atoms with van der Waals surface area (Å²) < 4.78 is 4.97. The molecule has 2 nitrogen and oxygen atoms in total. The summed E-state index contributed by atoms with van der Waals surface area (Å²) in [6.07, 6.45) is 0. The second kappa shape index (κ2) is 12.6. The van der Waals surface area contributed by atoms with Crippen molar-refractivity contribution in [1.29, 1.82) is 0 Å². The molecule has 0 amide bonds. The molecule has 2 heterocycles. The number of nitrogens with zero attached hydrogens (tertiary/aromatic N) is 2. The molecule has 13 rings (SSSR count). The monoisotopic (exact) mass is 792 g/mol. The van der Waals surface area contributed by atoms with Crippen LogP contribution in [0.15, 0.2) is 194 Å². The van der Waals surface area contributed by atoms with Gasteiger partial charge >= 0.3 is 0 Å². The summed E-state index contributed by atoms with van der Waals surface area (Å²) in [7, 11) is 0. The molecule has 2 heteroatoms. The molecule has 0 spiro atoms. The quantitative estimate of drug-likeness (QED) is 0.168. The Balaban J connectivity index is 0.878. The van der Waals surface area contributed by atoms with Crippen molar-refractivity contribution < 1.29 is 0 Å². The molecule has 294 valence electrons. The van der Waals surface area contributed by atoms with E-state index in [9.17, 15) is 0 Å². The summed E-state index contributed by atoms with van der Waals surface area (Å²) in [6.45, 7) is 9.65. The van der Waals surface area contributed by atoms with E-state index in [2.05, 4.69) is 231 Å². The van der Waals surface area contributed by atoms with Gasteiger partial charge < -0.3 is 9.13 Å². The number of hydrogen-bond acceptors (Lipinski definition) is 0. The Kier molecular flexibility index (Phi) is 7.16. The van der Waals surface area contributed by atoms with Gasteiger partial charge in [0.2, 0.25) is 0 Å². The Hall–Kier alpha value is -7.42. The molecule has 2 aliphatic rings. The Morgan fingerprint density at radius 1 is 0.306 bits per heavy atom. The summed E-state index contributed by atoms with van der Waals surface area (Å²) in [4.78, 5) is 0. The largest absolute Gasteiger partial charge is 0.309 e. The molecule has 0 aliphatic heterocycles. The third-order valence-corrected chi connectivity index (χ3v) is 14.5. The van der Waals surface area contributed by atoms with Gasteiger partial charge in [0.1, 0.15) is 0 Å². The van der Waals surface area contributed by atoms with Gasteiger partial charge in [-0.1, -0.05) is 173 Å². The minimum atomic E-state index is -0.198. The molecule has 9 aromatic carbocycles. The smallest absolute Gasteiger partial charge is 0.0588 e. The van der Waals surface area contributed by atoms with E-state index in [0.717, 1.165) is 0 Å².